The van der Waals surface area contributed by atoms with Gasteiger partial charge in [0, 0.05) is 35.6 Å². The number of rotatable bonds is 4. The fourth-order valence-electron chi connectivity index (χ4n) is 4.46. The number of hydrogen-bond donors (Lipinski definition) is 0. The number of hydrogen-bond acceptors (Lipinski definition) is 7. The molecule has 2 aliphatic heterocycles. The summed E-state index contributed by atoms with van der Waals surface area (Å²) in [6.45, 7) is 1.72. The van der Waals surface area contributed by atoms with Gasteiger partial charge in [0.2, 0.25) is 0 Å². The van der Waals surface area contributed by atoms with E-state index in [1.165, 1.54) is 28.9 Å². The smallest absolute Gasteiger partial charge is 0.315 e. The first kappa shape index (κ1) is 22.6. The Morgan fingerprint density at radius 1 is 1.20 bits per heavy atom. The van der Waals surface area contributed by atoms with Crippen LogP contribution in [0.3, 0.4) is 0 Å². The lowest BCUT2D eigenvalue weighted by molar-refractivity contribution is -0.119. The molecule has 2 aliphatic rings. The number of benzene rings is 1. The first-order valence-electron chi connectivity index (χ1n) is 10.7. The third-order valence-electron chi connectivity index (χ3n) is 6.16. The van der Waals surface area contributed by atoms with Crippen LogP contribution in [0.15, 0.2) is 36.8 Å². The van der Waals surface area contributed by atoms with E-state index in [0.717, 1.165) is 4.90 Å². The second-order valence-electron chi connectivity index (χ2n) is 8.24. The molecular formula is C24H18FN7O2S. The molecule has 3 amide bonds. The van der Waals surface area contributed by atoms with E-state index < -0.39 is 29.0 Å². The lowest BCUT2D eigenvalue weighted by atomic mass is 10.0. The number of thioether (sulfide) groups is 1. The summed E-state index contributed by atoms with van der Waals surface area (Å²) in [7, 11) is 1.71. The third-order valence-corrected chi connectivity index (χ3v) is 7.50. The summed E-state index contributed by atoms with van der Waals surface area (Å²) in [5, 5.41) is 22.9. The van der Waals surface area contributed by atoms with Crippen molar-refractivity contribution in [3.8, 4) is 12.1 Å². The molecule has 11 heteroatoms. The first-order chi connectivity index (χ1) is 16.8. The van der Waals surface area contributed by atoms with Gasteiger partial charge in [0.25, 0.3) is 5.91 Å². The van der Waals surface area contributed by atoms with Crippen LogP contribution in [0.25, 0.3) is 15.8 Å². The highest BCUT2D eigenvalue weighted by Gasteiger charge is 2.50. The molecule has 174 valence electrons. The fraction of sp³-hybridized carbons (Fsp3) is 0.250. The van der Waals surface area contributed by atoms with Crippen LogP contribution in [-0.4, -0.2) is 49.4 Å². The Kier molecular flexibility index (Phi) is 5.50. The molecule has 2 atom stereocenters. The zero-order valence-corrected chi connectivity index (χ0v) is 19.6. The van der Waals surface area contributed by atoms with Crippen molar-refractivity contribution in [2.75, 3.05) is 11.4 Å². The average Bonchev–Trinajstić information content (AvgIpc) is 3.45. The Bertz CT molecular complexity index is 1520. The van der Waals surface area contributed by atoms with E-state index in [1.54, 1.807) is 43.2 Å². The van der Waals surface area contributed by atoms with Gasteiger partial charge in [0.1, 0.15) is 11.1 Å². The maximum atomic E-state index is 14.1. The number of pyridine rings is 1. The topological polar surface area (TPSA) is 119 Å². The van der Waals surface area contributed by atoms with Crippen molar-refractivity contribution < 1.29 is 14.0 Å². The van der Waals surface area contributed by atoms with Gasteiger partial charge >= 0.3 is 6.03 Å². The van der Waals surface area contributed by atoms with Gasteiger partial charge in [-0.25, -0.2) is 14.1 Å². The second-order valence-corrected chi connectivity index (χ2v) is 9.42. The van der Waals surface area contributed by atoms with E-state index >= 15 is 0 Å². The quantitative estimate of drug-likeness (QED) is 0.553. The normalized spacial score (nSPS) is 19.5. The first-order valence-corrected chi connectivity index (χ1v) is 11.6. The van der Waals surface area contributed by atoms with E-state index in [-0.39, 0.29) is 18.5 Å². The summed E-state index contributed by atoms with van der Waals surface area (Å²) in [6, 6.07) is 5.65. The van der Waals surface area contributed by atoms with Crippen LogP contribution in [0.1, 0.15) is 23.1 Å². The predicted molar refractivity (Wildman–Crippen MR) is 127 cm³/mol. The van der Waals surface area contributed by atoms with Gasteiger partial charge in [-0.15, -0.1) is 11.8 Å². The molecule has 1 saturated heterocycles. The Labute approximate surface area is 204 Å². The zero-order valence-electron chi connectivity index (χ0n) is 18.8. The number of fused-ring (bicyclic) bond motifs is 2. The third kappa shape index (κ3) is 3.52. The zero-order chi connectivity index (χ0) is 24.9. The van der Waals surface area contributed by atoms with Crippen molar-refractivity contribution >= 4 is 45.2 Å². The Morgan fingerprint density at radius 2 is 2.00 bits per heavy atom. The number of carbonyl (C=O) groups is 2. The van der Waals surface area contributed by atoms with E-state index in [9.17, 15) is 24.5 Å². The fourth-order valence-corrected chi connectivity index (χ4v) is 5.82. The highest BCUT2D eigenvalue weighted by atomic mass is 32.2. The highest BCUT2D eigenvalue weighted by Crippen LogP contribution is 2.46. The number of carbonyl (C=O) groups excluding carboxylic acids is 2. The molecule has 1 fully saturated rings. The number of nitriles is 2. The second kappa shape index (κ2) is 8.53. The van der Waals surface area contributed by atoms with Crippen molar-refractivity contribution in [2.45, 2.75) is 24.6 Å². The maximum absolute atomic E-state index is 14.1. The molecule has 0 radical (unpaired) electrons. The minimum Gasteiger partial charge on any atom is -0.315 e. The van der Waals surface area contributed by atoms with Crippen LogP contribution in [0.2, 0.25) is 0 Å². The number of amides is 3. The van der Waals surface area contributed by atoms with Crippen molar-refractivity contribution in [1.82, 2.24) is 19.7 Å². The molecule has 35 heavy (non-hydrogen) atoms. The molecular weight excluding hydrogens is 469 g/mol. The van der Waals surface area contributed by atoms with Crippen LogP contribution in [0, 0.1) is 35.4 Å². The van der Waals surface area contributed by atoms with Gasteiger partial charge in [-0.3, -0.25) is 14.5 Å². The number of imide groups is 1. The SMILES string of the molecule is Cc1cc(C2=CC3C(S2)C(=O)N(c2cncc4cnn(C)c24)C(=O)N3CCC#N)c(C#N)cc1F. The molecule has 0 bridgehead atoms. The van der Waals surface area contributed by atoms with Gasteiger partial charge in [-0.1, -0.05) is 0 Å². The Morgan fingerprint density at radius 3 is 2.74 bits per heavy atom. The van der Waals surface area contributed by atoms with Gasteiger partial charge in [0.15, 0.2) is 0 Å². The average molecular weight is 488 g/mol. The lowest BCUT2D eigenvalue weighted by Crippen LogP contribution is -2.62. The lowest BCUT2D eigenvalue weighted by Gasteiger charge is -2.40. The molecule has 0 spiro atoms. The number of anilines is 1. The molecule has 4 heterocycles. The molecule has 2 unspecified atom stereocenters. The van der Waals surface area contributed by atoms with Crippen molar-refractivity contribution in [1.29, 1.82) is 10.5 Å². The number of halogens is 1. The Balaban J connectivity index is 1.61. The summed E-state index contributed by atoms with van der Waals surface area (Å²) >= 11 is 1.23. The summed E-state index contributed by atoms with van der Waals surface area (Å²) in [5.74, 6) is -0.923. The largest absolute Gasteiger partial charge is 0.332 e. The van der Waals surface area contributed by atoms with Gasteiger partial charge < -0.3 is 4.90 Å². The van der Waals surface area contributed by atoms with Crippen molar-refractivity contribution in [3.05, 3.63) is 59.3 Å². The number of aromatic nitrogens is 3. The van der Waals surface area contributed by atoms with Gasteiger partial charge in [-0.2, -0.15) is 15.6 Å². The van der Waals surface area contributed by atoms with Crippen LogP contribution >= 0.6 is 11.8 Å². The summed E-state index contributed by atoms with van der Waals surface area (Å²) in [5.41, 5.74) is 1.91. The molecule has 3 aromatic rings. The molecule has 0 N–H and O–H groups in total. The van der Waals surface area contributed by atoms with Gasteiger partial charge in [-0.05, 0) is 30.7 Å². The monoisotopic (exact) mass is 487 g/mol. The molecule has 0 saturated carbocycles. The van der Waals surface area contributed by atoms with E-state index in [4.69, 9.17) is 0 Å². The molecule has 2 aromatic heterocycles. The van der Waals surface area contributed by atoms with E-state index in [0.29, 0.717) is 32.6 Å². The summed E-state index contributed by atoms with van der Waals surface area (Å²) in [6.07, 6.45) is 6.50. The maximum Gasteiger partial charge on any atom is 0.332 e. The summed E-state index contributed by atoms with van der Waals surface area (Å²) < 4.78 is 15.7. The van der Waals surface area contributed by atoms with Crippen LogP contribution in [0.5, 0.6) is 0 Å². The number of nitrogens with zero attached hydrogens (tertiary/aromatic N) is 7. The molecule has 9 nitrogen and oxygen atoms in total. The summed E-state index contributed by atoms with van der Waals surface area (Å²) in [4.78, 5) is 34.8. The van der Waals surface area contributed by atoms with Crippen molar-refractivity contribution in [3.63, 3.8) is 0 Å². The number of urea groups is 1. The molecule has 0 aliphatic carbocycles. The van der Waals surface area contributed by atoms with E-state index in [1.807, 2.05) is 6.07 Å². The minimum atomic E-state index is -0.707. The van der Waals surface area contributed by atoms with Crippen molar-refractivity contribution in [2.24, 2.45) is 7.05 Å². The van der Waals surface area contributed by atoms with Crippen LogP contribution in [0.4, 0.5) is 14.9 Å². The molecule has 1 aromatic carbocycles. The van der Waals surface area contributed by atoms with E-state index in [2.05, 4.69) is 16.2 Å². The standard InChI is InChI=1S/C24H18FN7O2S/c1-13-6-16(14(9-27)7-17(13)25)20-8-18-22(35-20)23(33)32(24(34)31(18)5-3-4-26)19-12-28-10-15-11-29-30(2)21(15)19/h6-8,10-12,18,22H,3,5H2,1-2H3. The van der Waals surface area contributed by atoms with Crippen LogP contribution < -0.4 is 4.90 Å². The van der Waals surface area contributed by atoms with Crippen LogP contribution in [-0.2, 0) is 11.8 Å². The highest BCUT2D eigenvalue weighted by molar-refractivity contribution is 8.09. The molecule has 5 rings (SSSR count). The Hall–Kier alpha value is -4.22. The minimum absolute atomic E-state index is 0.0814. The van der Waals surface area contributed by atoms with Gasteiger partial charge in [0.05, 0.1) is 53.8 Å². The number of aryl methyl sites for hydroxylation is 2. The predicted octanol–water partition coefficient (Wildman–Crippen LogP) is 3.49.